The van der Waals surface area contributed by atoms with Crippen molar-refractivity contribution in [2.75, 3.05) is 13.2 Å². The third-order valence-corrected chi connectivity index (χ3v) is 4.38. The summed E-state index contributed by atoms with van der Waals surface area (Å²) in [5.41, 5.74) is -0.314. The van der Waals surface area contributed by atoms with Gasteiger partial charge >= 0.3 is 0 Å². The van der Waals surface area contributed by atoms with Crippen molar-refractivity contribution in [3.8, 4) is 11.4 Å². The Morgan fingerprint density at radius 2 is 2.17 bits per heavy atom. The van der Waals surface area contributed by atoms with Crippen molar-refractivity contribution in [1.82, 2.24) is 14.7 Å². The molecule has 1 fully saturated rings. The van der Waals surface area contributed by atoms with Crippen LogP contribution in [0, 0.1) is 17.6 Å². The van der Waals surface area contributed by atoms with E-state index in [2.05, 4.69) is 5.10 Å². The molecule has 2 heterocycles. The number of aromatic nitrogens is 2. The molecule has 2 N–H and O–H groups in total. The summed E-state index contributed by atoms with van der Waals surface area (Å²) in [6.07, 6.45) is 1.84. The standard InChI is InChI=1S/C16H17F2N3O3/c1-9-4-5-20(13(9)8-22)16(24)15-14(23)7-21(19-15)12-3-2-10(17)6-11(12)18/h2-3,6-7,9,13,22-23H,4-5,8H2,1H3. The van der Waals surface area contributed by atoms with Gasteiger partial charge < -0.3 is 15.1 Å². The van der Waals surface area contributed by atoms with Gasteiger partial charge in [0.15, 0.2) is 17.3 Å². The number of rotatable bonds is 3. The van der Waals surface area contributed by atoms with Crippen molar-refractivity contribution >= 4 is 5.91 Å². The van der Waals surface area contributed by atoms with Crippen LogP contribution < -0.4 is 0 Å². The first kappa shape index (κ1) is 16.4. The number of halogens is 2. The average Bonchev–Trinajstić information content (AvgIpc) is 3.09. The normalized spacial score (nSPS) is 20.6. The molecule has 1 aromatic carbocycles. The molecule has 8 heteroatoms. The van der Waals surface area contributed by atoms with Gasteiger partial charge in [-0.2, -0.15) is 5.10 Å². The number of hydrogen-bond donors (Lipinski definition) is 2. The van der Waals surface area contributed by atoms with Gasteiger partial charge in [0.25, 0.3) is 5.91 Å². The summed E-state index contributed by atoms with van der Waals surface area (Å²) < 4.78 is 27.8. The zero-order chi connectivity index (χ0) is 17.4. The maximum atomic E-state index is 13.8. The van der Waals surface area contributed by atoms with Crippen molar-refractivity contribution in [3.05, 3.63) is 41.7 Å². The number of aliphatic hydroxyl groups is 1. The van der Waals surface area contributed by atoms with Gasteiger partial charge in [0.2, 0.25) is 0 Å². The van der Waals surface area contributed by atoms with Crippen molar-refractivity contribution in [3.63, 3.8) is 0 Å². The highest BCUT2D eigenvalue weighted by Crippen LogP contribution is 2.28. The van der Waals surface area contributed by atoms with E-state index in [0.29, 0.717) is 12.6 Å². The lowest BCUT2D eigenvalue weighted by atomic mass is 10.0. The molecule has 1 aromatic heterocycles. The van der Waals surface area contributed by atoms with Crippen LogP contribution in [0.4, 0.5) is 8.78 Å². The Labute approximate surface area is 136 Å². The van der Waals surface area contributed by atoms with Gasteiger partial charge in [-0.1, -0.05) is 6.92 Å². The molecule has 1 saturated heterocycles. The molecule has 24 heavy (non-hydrogen) atoms. The van der Waals surface area contributed by atoms with Crippen molar-refractivity contribution in [1.29, 1.82) is 0 Å². The minimum Gasteiger partial charge on any atom is -0.504 e. The number of carbonyl (C=O) groups is 1. The molecule has 1 aliphatic heterocycles. The largest absolute Gasteiger partial charge is 0.504 e. The molecule has 6 nitrogen and oxygen atoms in total. The van der Waals surface area contributed by atoms with E-state index < -0.39 is 23.3 Å². The summed E-state index contributed by atoms with van der Waals surface area (Å²) in [7, 11) is 0. The van der Waals surface area contributed by atoms with Crippen LogP contribution in [0.1, 0.15) is 23.8 Å². The molecule has 2 unspecified atom stereocenters. The van der Waals surface area contributed by atoms with Crippen molar-refractivity contribution in [2.24, 2.45) is 5.92 Å². The van der Waals surface area contributed by atoms with E-state index in [1.807, 2.05) is 6.92 Å². The van der Waals surface area contributed by atoms with E-state index in [9.17, 15) is 23.8 Å². The highest BCUT2D eigenvalue weighted by atomic mass is 19.1. The first-order valence-corrected chi connectivity index (χ1v) is 7.58. The van der Waals surface area contributed by atoms with Crippen LogP contribution in [-0.4, -0.2) is 50.0 Å². The van der Waals surface area contributed by atoms with Gasteiger partial charge in [-0.15, -0.1) is 0 Å². The maximum absolute atomic E-state index is 13.8. The predicted molar refractivity (Wildman–Crippen MR) is 80.8 cm³/mol. The van der Waals surface area contributed by atoms with Gasteiger partial charge in [-0.05, 0) is 24.5 Å². The second-order valence-corrected chi connectivity index (χ2v) is 5.92. The topological polar surface area (TPSA) is 78.6 Å². The number of likely N-dealkylation sites (tertiary alicyclic amines) is 1. The zero-order valence-corrected chi connectivity index (χ0v) is 13.0. The summed E-state index contributed by atoms with van der Waals surface area (Å²) in [6, 6.07) is 2.58. The van der Waals surface area contributed by atoms with E-state index >= 15 is 0 Å². The molecule has 2 atom stereocenters. The smallest absolute Gasteiger partial charge is 0.278 e. The number of nitrogens with zero attached hydrogens (tertiary/aromatic N) is 3. The highest BCUT2D eigenvalue weighted by molar-refractivity contribution is 5.95. The monoisotopic (exact) mass is 337 g/mol. The van der Waals surface area contributed by atoms with Gasteiger partial charge in [-0.3, -0.25) is 4.79 Å². The van der Waals surface area contributed by atoms with Crippen molar-refractivity contribution in [2.45, 2.75) is 19.4 Å². The number of benzene rings is 1. The number of carbonyl (C=O) groups excluding carboxylic acids is 1. The molecule has 0 aliphatic carbocycles. The molecular weight excluding hydrogens is 320 g/mol. The van der Waals surface area contributed by atoms with Crippen LogP contribution in [0.2, 0.25) is 0 Å². The molecule has 0 bridgehead atoms. The number of amides is 1. The average molecular weight is 337 g/mol. The second-order valence-electron chi connectivity index (χ2n) is 5.92. The van der Waals surface area contributed by atoms with E-state index in [0.717, 1.165) is 23.4 Å². The third kappa shape index (κ3) is 2.73. The predicted octanol–water partition coefficient (Wildman–Crippen LogP) is 1.70. The zero-order valence-electron chi connectivity index (χ0n) is 13.0. The first-order chi connectivity index (χ1) is 11.4. The fraction of sp³-hybridized carbons (Fsp3) is 0.375. The van der Waals surface area contributed by atoms with Crippen LogP contribution in [0.25, 0.3) is 5.69 Å². The van der Waals surface area contributed by atoms with Gasteiger partial charge in [0.05, 0.1) is 18.8 Å². The van der Waals surface area contributed by atoms with E-state index in [1.165, 1.54) is 11.0 Å². The summed E-state index contributed by atoms with van der Waals surface area (Å²) in [5.74, 6) is -2.39. The first-order valence-electron chi connectivity index (χ1n) is 7.58. The minimum atomic E-state index is -0.862. The number of aromatic hydroxyl groups is 1. The highest BCUT2D eigenvalue weighted by Gasteiger charge is 2.36. The Hall–Kier alpha value is -2.48. The Balaban J connectivity index is 1.93. The quantitative estimate of drug-likeness (QED) is 0.894. The van der Waals surface area contributed by atoms with Gasteiger partial charge in [0, 0.05) is 12.6 Å². The van der Waals surface area contributed by atoms with Crippen molar-refractivity contribution < 1.29 is 23.8 Å². The van der Waals surface area contributed by atoms with E-state index in [-0.39, 0.29) is 29.9 Å². The van der Waals surface area contributed by atoms with Crippen LogP contribution >= 0.6 is 0 Å². The molecule has 1 amide bonds. The molecular formula is C16H17F2N3O3. The maximum Gasteiger partial charge on any atom is 0.278 e. The molecule has 128 valence electrons. The van der Waals surface area contributed by atoms with Crippen LogP contribution in [0.15, 0.2) is 24.4 Å². The molecule has 3 rings (SSSR count). The fourth-order valence-electron chi connectivity index (χ4n) is 2.98. The summed E-state index contributed by atoms with van der Waals surface area (Å²) in [6.45, 7) is 2.20. The lowest BCUT2D eigenvalue weighted by molar-refractivity contribution is 0.0639. The lowest BCUT2D eigenvalue weighted by Gasteiger charge is -2.24. The summed E-state index contributed by atoms with van der Waals surface area (Å²) in [4.78, 5) is 14.0. The molecule has 0 radical (unpaired) electrons. The lowest BCUT2D eigenvalue weighted by Crippen LogP contribution is -2.40. The van der Waals surface area contributed by atoms with E-state index in [4.69, 9.17) is 0 Å². The van der Waals surface area contributed by atoms with E-state index in [1.54, 1.807) is 0 Å². The summed E-state index contributed by atoms with van der Waals surface area (Å²) >= 11 is 0. The molecule has 0 spiro atoms. The Morgan fingerprint density at radius 1 is 1.42 bits per heavy atom. The van der Waals surface area contributed by atoms with Crippen LogP contribution in [-0.2, 0) is 0 Å². The SMILES string of the molecule is CC1CCN(C(=O)c2nn(-c3ccc(F)cc3F)cc2O)C1CO. The number of aliphatic hydroxyl groups excluding tert-OH is 1. The van der Waals surface area contributed by atoms with Crippen LogP contribution in [0.3, 0.4) is 0 Å². The minimum absolute atomic E-state index is 0.0840. The summed E-state index contributed by atoms with van der Waals surface area (Å²) in [5, 5.41) is 23.4. The Kier molecular flexibility index (Phi) is 4.23. The molecule has 2 aromatic rings. The fourth-order valence-corrected chi connectivity index (χ4v) is 2.98. The molecule has 0 saturated carbocycles. The second kappa shape index (κ2) is 6.20. The Bertz CT molecular complexity index is 778. The Morgan fingerprint density at radius 3 is 2.83 bits per heavy atom. The van der Waals surface area contributed by atoms with Gasteiger partial charge in [0.1, 0.15) is 11.5 Å². The number of hydrogen-bond acceptors (Lipinski definition) is 4. The van der Waals surface area contributed by atoms with Gasteiger partial charge in [-0.25, -0.2) is 13.5 Å². The van der Waals surface area contributed by atoms with Crippen LogP contribution in [0.5, 0.6) is 5.75 Å². The molecule has 1 aliphatic rings. The third-order valence-electron chi connectivity index (χ3n) is 4.38.